The number of rotatable bonds is 2. The predicted molar refractivity (Wildman–Crippen MR) is 117 cm³/mol. The molecule has 2 unspecified atom stereocenters. The van der Waals surface area contributed by atoms with Crippen molar-refractivity contribution in [2.45, 2.75) is 36.7 Å². The zero-order chi connectivity index (χ0) is 22.0. The number of hydrogen-bond donors (Lipinski definition) is 2. The summed E-state index contributed by atoms with van der Waals surface area (Å²) in [4.78, 5) is 16.1. The van der Waals surface area contributed by atoms with Gasteiger partial charge in [-0.15, -0.1) is 0 Å². The first-order valence-electron chi connectivity index (χ1n) is 11.1. The zero-order valence-electron chi connectivity index (χ0n) is 17.4. The van der Waals surface area contributed by atoms with Gasteiger partial charge in [0.25, 0.3) is 10.0 Å². The molecule has 0 amide bonds. The quantitative estimate of drug-likeness (QED) is 0.683. The zero-order valence-corrected chi connectivity index (χ0v) is 18.2. The Labute approximate surface area is 186 Å². The van der Waals surface area contributed by atoms with Gasteiger partial charge >= 0.3 is 0 Å². The molecule has 6 nitrogen and oxygen atoms in total. The molecule has 166 valence electrons. The molecule has 2 aliphatic heterocycles. The van der Waals surface area contributed by atoms with Crippen molar-refractivity contribution in [2.24, 2.45) is 17.8 Å². The summed E-state index contributed by atoms with van der Waals surface area (Å²) < 4.78 is 41.7. The Hall–Kier alpha value is -2.71. The highest BCUT2D eigenvalue weighted by Crippen LogP contribution is 2.53. The molecule has 2 saturated carbocycles. The van der Waals surface area contributed by atoms with Gasteiger partial charge in [0.15, 0.2) is 5.78 Å². The van der Waals surface area contributed by atoms with Gasteiger partial charge in [-0.25, -0.2) is 12.8 Å². The molecule has 1 saturated heterocycles. The van der Waals surface area contributed by atoms with Crippen LogP contribution in [0.1, 0.15) is 24.8 Å². The Kier molecular flexibility index (Phi) is 4.45. The Morgan fingerprint density at radius 3 is 2.59 bits per heavy atom. The van der Waals surface area contributed by atoms with Gasteiger partial charge in [0.2, 0.25) is 0 Å². The molecule has 2 aromatic carbocycles. The molecular weight excluding hydrogens is 429 g/mol. The highest BCUT2D eigenvalue weighted by atomic mass is 32.2. The van der Waals surface area contributed by atoms with E-state index in [4.69, 9.17) is 0 Å². The topological polar surface area (TPSA) is 78.5 Å². The van der Waals surface area contributed by atoms with Gasteiger partial charge in [0, 0.05) is 25.0 Å². The molecule has 0 radical (unpaired) electrons. The third-order valence-corrected chi connectivity index (χ3v) is 8.94. The largest absolute Gasteiger partial charge is 0.340 e. The van der Waals surface area contributed by atoms with Gasteiger partial charge in [0.05, 0.1) is 11.3 Å². The summed E-state index contributed by atoms with van der Waals surface area (Å²) in [6.07, 6.45) is 3.22. The van der Waals surface area contributed by atoms with Crippen LogP contribution in [0.2, 0.25) is 0 Å². The number of sulfonamides is 1. The number of carbonyl (C=O) groups excluding carboxylic acids is 1. The average molecular weight is 454 g/mol. The number of Topliss-reactive ketones (excluding diaryl/α,β-unsaturated/α-hetero) is 1. The summed E-state index contributed by atoms with van der Waals surface area (Å²) in [6.45, 7) is 0.950. The molecule has 3 fully saturated rings. The number of para-hydroxylation sites is 1. The fraction of sp³-hybridized carbons (Fsp3) is 0.375. The number of benzene rings is 2. The lowest BCUT2D eigenvalue weighted by atomic mass is 9.75. The second kappa shape index (κ2) is 7.15. The molecular formula is C24H24FN3O3S. The van der Waals surface area contributed by atoms with E-state index < -0.39 is 10.0 Å². The number of likely N-dealkylation sites (tertiary alicyclic amines) is 1. The molecule has 8 heteroatoms. The second-order valence-corrected chi connectivity index (χ2v) is 11.0. The number of ketones is 1. The van der Waals surface area contributed by atoms with E-state index in [-0.39, 0.29) is 34.3 Å². The number of halogens is 1. The van der Waals surface area contributed by atoms with Crippen molar-refractivity contribution in [3.8, 4) is 0 Å². The number of nitrogens with one attached hydrogen (secondary N) is 2. The van der Waals surface area contributed by atoms with E-state index in [0.29, 0.717) is 36.2 Å². The van der Waals surface area contributed by atoms with Gasteiger partial charge in [-0.3, -0.25) is 14.4 Å². The lowest BCUT2D eigenvalue weighted by Crippen LogP contribution is -2.54. The Balaban J connectivity index is 1.41. The van der Waals surface area contributed by atoms with Crippen molar-refractivity contribution < 1.29 is 17.6 Å². The van der Waals surface area contributed by atoms with Crippen LogP contribution in [0.25, 0.3) is 0 Å². The van der Waals surface area contributed by atoms with Gasteiger partial charge in [0.1, 0.15) is 16.5 Å². The van der Waals surface area contributed by atoms with Crippen LogP contribution in [0.15, 0.2) is 64.8 Å². The van der Waals surface area contributed by atoms with Crippen LogP contribution < -0.4 is 10.0 Å². The monoisotopic (exact) mass is 453 g/mol. The van der Waals surface area contributed by atoms with Crippen LogP contribution in [0.5, 0.6) is 0 Å². The molecule has 32 heavy (non-hydrogen) atoms. The van der Waals surface area contributed by atoms with E-state index in [1.165, 1.54) is 12.1 Å². The van der Waals surface area contributed by atoms with Crippen molar-refractivity contribution in [3.63, 3.8) is 0 Å². The highest BCUT2D eigenvalue weighted by molar-refractivity contribution is 7.89. The van der Waals surface area contributed by atoms with Gasteiger partial charge in [-0.2, -0.15) is 0 Å². The lowest BCUT2D eigenvalue weighted by molar-refractivity contribution is -0.126. The fourth-order valence-corrected chi connectivity index (χ4v) is 7.44. The molecule has 4 atom stereocenters. The molecule has 2 aliphatic carbocycles. The van der Waals surface area contributed by atoms with Crippen molar-refractivity contribution in [2.75, 3.05) is 11.9 Å². The highest BCUT2D eigenvalue weighted by Gasteiger charge is 2.56. The van der Waals surface area contributed by atoms with Gasteiger partial charge < -0.3 is 5.32 Å². The normalized spacial score (nSPS) is 32.7. The number of piperidine rings is 1. The Morgan fingerprint density at radius 1 is 1.03 bits per heavy atom. The summed E-state index contributed by atoms with van der Waals surface area (Å²) in [5.41, 5.74) is 1.94. The van der Waals surface area contributed by atoms with Crippen LogP contribution >= 0.6 is 0 Å². The maximum atomic E-state index is 13.7. The summed E-state index contributed by atoms with van der Waals surface area (Å²) in [6, 6.07) is 13.3. The number of carbonyl (C=O) groups is 1. The molecule has 2 heterocycles. The van der Waals surface area contributed by atoms with Crippen LogP contribution in [0.4, 0.5) is 10.1 Å². The maximum Gasteiger partial charge on any atom is 0.265 e. The first-order valence-corrected chi connectivity index (χ1v) is 12.5. The average Bonchev–Trinajstić information content (AvgIpc) is 3.39. The smallest absolute Gasteiger partial charge is 0.265 e. The SMILES string of the molecule is O=C1/C(=C2/Nc3ccccc3S(=O)(=O)N2)CN(Cc2ccc(F)cc2)C2C1[C@H]1CC[C@@H]2C1. The predicted octanol–water partition coefficient (Wildman–Crippen LogP) is 3.24. The van der Waals surface area contributed by atoms with Crippen LogP contribution in [0, 0.1) is 23.6 Å². The number of anilines is 1. The van der Waals surface area contributed by atoms with Crippen molar-refractivity contribution in [1.82, 2.24) is 9.62 Å². The van der Waals surface area contributed by atoms with Crippen molar-refractivity contribution in [3.05, 3.63) is 71.3 Å². The molecule has 0 aromatic heterocycles. The van der Waals surface area contributed by atoms with Gasteiger partial charge in [-0.05, 0) is 60.9 Å². The van der Waals surface area contributed by atoms with Crippen molar-refractivity contribution in [1.29, 1.82) is 0 Å². The van der Waals surface area contributed by atoms with E-state index in [9.17, 15) is 17.6 Å². The van der Waals surface area contributed by atoms with Crippen LogP contribution in [-0.4, -0.2) is 31.7 Å². The number of fused-ring (bicyclic) bond motifs is 6. The summed E-state index contributed by atoms with van der Waals surface area (Å²) >= 11 is 0. The third-order valence-electron chi connectivity index (χ3n) is 7.53. The summed E-state index contributed by atoms with van der Waals surface area (Å²) in [7, 11) is -3.76. The standard InChI is InChI=1S/C24H24FN3O3S/c25-17-9-5-14(6-10-17)12-28-13-18(23(29)21-15-7-8-16(11-15)22(21)28)24-26-19-3-1-2-4-20(19)32(30,31)27-24/h1-6,9-10,15-16,21-22,26-27H,7-8,11-13H2/b24-18-/t15-,16+,21?,22?/m0/s1. The first-order chi connectivity index (χ1) is 15.4. The molecule has 0 spiro atoms. The molecule has 2 aromatic rings. The van der Waals surface area contributed by atoms with Crippen molar-refractivity contribution >= 4 is 21.5 Å². The van der Waals surface area contributed by atoms with Crippen LogP contribution in [-0.2, 0) is 21.4 Å². The lowest BCUT2D eigenvalue weighted by Gasteiger charge is -2.44. The van der Waals surface area contributed by atoms with Gasteiger partial charge in [-0.1, -0.05) is 24.3 Å². The first kappa shape index (κ1) is 19.9. The number of nitrogens with zero attached hydrogens (tertiary/aromatic N) is 1. The minimum Gasteiger partial charge on any atom is -0.340 e. The molecule has 6 rings (SSSR count). The Morgan fingerprint density at radius 2 is 1.78 bits per heavy atom. The number of hydrogen-bond acceptors (Lipinski definition) is 5. The Bertz CT molecular complexity index is 1240. The molecule has 4 aliphatic rings. The third kappa shape index (κ3) is 3.08. The molecule has 2 N–H and O–H groups in total. The summed E-state index contributed by atoms with van der Waals surface area (Å²) in [5.74, 6) is 0.757. The van der Waals surface area contributed by atoms with E-state index in [0.717, 1.165) is 24.8 Å². The maximum absolute atomic E-state index is 13.7. The second-order valence-electron chi connectivity index (χ2n) is 9.33. The summed E-state index contributed by atoms with van der Waals surface area (Å²) in [5, 5.41) is 3.16. The molecule has 2 bridgehead atoms. The minimum atomic E-state index is -3.76. The van der Waals surface area contributed by atoms with E-state index in [2.05, 4.69) is 14.9 Å². The minimum absolute atomic E-state index is 0.0575. The van der Waals surface area contributed by atoms with E-state index in [1.807, 2.05) is 0 Å². The van der Waals surface area contributed by atoms with E-state index in [1.54, 1.807) is 36.4 Å². The fourth-order valence-electron chi connectivity index (χ4n) is 6.22. The van der Waals surface area contributed by atoms with E-state index >= 15 is 0 Å². The van der Waals surface area contributed by atoms with Crippen LogP contribution in [0.3, 0.4) is 0 Å².